The standard InChI is InChI=1S/C11H19N3/c1-11(5-3-2-4-6-11)9-14-8-10(12)7-13-14/h7-8H,2-6,9,12H2,1H3. The molecule has 0 bridgehead atoms. The number of rotatable bonds is 2. The molecule has 1 saturated carbocycles. The van der Waals surface area contributed by atoms with Gasteiger partial charge in [0.15, 0.2) is 0 Å². The first kappa shape index (κ1) is 9.56. The molecule has 1 aromatic heterocycles. The van der Waals surface area contributed by atoms with Gasteiger partial charge in [-0.2, -0.15) is 5.10 Å². The second kappa shape index (κ2) is 3.64. The van der Waals surface area contributed by atoms with Crippen LogP contribution >= 0.6 is 0 Å². The van der Waals surface area contributed by atoms with Gasteiger partial charge in [-0.15, -0.1) is 0 Å². The summed E-state index contributed by atoms with van der Waals surface area (Å²) in [6, 6.07) is 0. The molecule has 1 aromatic rings. The van der Waals surface area contributed by atoms with Gasteiger partial charge in [-0.05, 0) is 18.3 Å². The summed E-state index contributed by atoms with van der Waals surface area (Å²) in [5.74, 6) is 0. The highest BCUT2D eigenvalue weighted by Crippen LogP contribution is 2.36. The van der Waals surface area contributed by atoms with E-state index in [1.807, 2.05) is 10.9 Å². The predicted octanol–water partition coefficient (Wildman–Crippen LogP) is 2.44. The zero-order valence-corrected chi connectivity index (χ0v) is 8.87. The summed E-state index contributed by atoms with van der Waals surface area (Å²) < 4.78 is 1.99. The molecule has 0 saturated heterocycles. The van der Waals surface area contributed by atoms with Gasteiger partial charge in [-0.3, -0.25) is 4.68 Å². The first-order valence-electron chi connectivity index (χ1n) is 5.46. The highest BCUT2D eigenvalue weighted by Gasteiger charge is 2.27. The Hall–Kier alpha value is -0.990. The van der Waals surface area contributed by atoms with Crippen molar-refractivity contribution in [2.24, 2.45) is 5.41 Å². The van der Waals surface area contributed by atoms with E-state index in [0.717, 1.165) is 12.2 Å². The number of hydrogen-bond donors (Lipinski definition) is 1. The molecule has 1 fully saturated rings. The van der Waals surface area contributed by atoms with E-state index in [0.29, 0.717) is 5.41 Å². The van der Waals surface area contributed by atoms with Gasteiger partial charge < -0.3 is 5.73 Å². The number of nitrogens with zero attached hydrogens (tertiary/aromatic N) is 2. The molecule has 78 valence electrons. The van der Waals surface area contributed by atoms with Crippen molar-refractivity contribution in [1.82, 2.24) is 9.78 Å². The van der Waals surface area contributed by atoms with Crippen LogP contribution in [0.5, 0.6) is 0 Å². The molecule has 0 atom stereocenters. The average molecular weight is 193 g/mol. The maximum Gasteiger partial charge on any atom is 0.0719 e. The van der Waals surface area contributed by atoms with Gasteiger partial charge in [0.2, 0.25) is 0 Å². The number of hydrogen-bond acceptors (Lipinski definition) is 2. The van der Waals surface area contributed by atoms with Crippen LogP contribution in [0.15, 0.2) is 12.4 Å². The van der Waals surface area contributed by atoms with Gasteiger partial charge in [0.25, 0.3) is 0 Å². The minimum Gasteiger partial charge on any atom is -0.396 e. The molecule has 0 amide bonds. The van der Waals surface area contributed by atoms with E-state index in [2.05, 4.69) is 12.0 Å². The minimum atomic E-state index is 0.441. The highest BCUT2D eigenvalue weighted by atomic mass is 15.3. The van der Waals surface area contributed by atoms with E-state index < -0.39 is 0 Å². The lowest BCUT2D eigenvalue weighted by Crippen LogP contribution is -2.26. The third kappa shape index (κ3) is 2.08. The Bertz CT molecular complexity index is 297. The van der Waals surface area contributed by atoms with Crippen LogP contribution in [-0.2, 0) is 6.54 Å². The van der Waals surface area contributed by atoms with Crippen molar-refractivity contribution >= 4 is 5.69 Å². The van der Waals surface area contributed by atoms with Gasteiger partial charge in [0, 0.05) is 12.7 Å². The van der Waals surface area contributed by atoms with Crippen molar-refractivity contribution < 1.29 is 0 Å². The zero-order valence-electron chi connectivity index (χ0n) is 8.87. The molecule has 0 radical (unpaired) electrons. The van der Waals surface area contributed by atoms with Crippen molar-refractivity contribution in [2.75, 3.05) is 5.73 Å². The van der Waals surface area contributed by atoms with Crippen molar-refractivity contribution in [2.45, 2.75) is 45.6 Å². The summed E-state index contributed by atoms with van der Waals surface area (Å²) in [6.07, 6.45) is 10.4. The summed E-state index contributed by atoms with van der Waals surface area (Å²) in [4.78, 5) is 0. The van der Waals surface area contributed by atoms with E-state index in [1.165, 1.54) is 32.1 Å². The van der Waals surface area contributed by atoms with Crippen molar-refractivity contribution in [1.29, 1.82) is 0 Å². The molecular weight excluding hydrogens is 174 g/mol. The molecule has 0 aromatic carbocycles. The van der Waals surface area contributed by atoms with Gasteiger partial charge in [0.1, 0.15) is 0 Å². The van der Waals surface area contributed by atoms with Crippen molar-refractivity contribution in [3.8, 4) is 0 Å². The third-order valence-corrected chi connectivity index (χ3v) is 3.26. The maximum atomic E-state index is 5.64. The number of nitrogens with two attached hydrogens (primary N) is 1. The Balaban J connectivity index is 2.01. The normalized spacial score (nSPS) is 20.9. The smallest absolute Gasteiger partial charge is 0.0719 e. The lowest BCUT2D eigenvalue weighted by molar-refractivity contribution is 0.176. The van der Waals surface area contributed by atoms with E-state index in [9.17, 15) is 0 Å². The topological polar surface area (TPSA) is 43.8 Å². The fourth-order valence-electron chi connectivity index (χ4n) is 2.42. The molecule has 2 N–H and O–H groups in total. The fraction of sp³-hybridized carbons (Fsp3) is 0.727. The van der Waals surface area contributed by atoms with Crippen LogP contribution in [0, 0.1) is 5.41 Å². The Morgan fingerprint density at radius 1 is 1.43 bits per heavy atom. The van der Waals surface area contributed by atoms with Crippen LogP contribution in [0.3, 0.4) is 0 Å². The molecule has 0 spiro atoms. The van der Waals surface area contributed by atoms with Crippen molar-refractivity contribution in [3.05, 3.63) is 12.4 Å². The van der Waals surface area contributed by atoms with Crippen molar-refractivity contribution in [3.63, 3.8) is 0 Å². The number of anilines is 1. The molecular formula is C11H19N3. The molecule has 3 nitrogen and oxygen atoms in total. The molecule has 2 rings (SSSR count). The van der Waals surface area contributed by atoms with E-state index in [1.54, 1.807) is 6.20 Å². The minimum absolute atomic E-state index is 0.441. The molecule has 0 unspecified atom stereocenters. The summed E-state index contributed by atoms with van der Waals surface area (Å²) in [7, 11) is 0. The summed E-state index contributed by atoms with van der Waals surface area (Å²) in [6.45, 7) is 3.38. The van der Waals surface area contributed by atoms with Crippen LogP contribution in [0.2, 0.25) is 0 Å². The first-order chi connectivity index (χ1) is 6.68. The van der Waals surface area contributed by atoms with Crippen LogP contribution < -0.4 is 5.73 Å². The number of aromatic nitrogens is 2. The van der Waals surface area contributed by atoms with Crippen LogP contribution in [0.25, 0.3) is 0 Å². The highest BCUT2D eigenvalue weighted by molar-refractivity contribution is 5.30. The van der Waals surface area contributed by atoms with Gasteiger partial charge >= 0.3 is 0 Å². The van der Waals surface area contributed by atoms with E-state index in [-0.39, 0.29) is 0 Å². The van der Waals surface area contributed by atoms with Gasteiger partial charge in [-0.25, -0.2) is 0 Å². The Morgan fingerprint density at radius 2 is 2.14 bits per heavy atom. The number of nitrogen functional groups attached to an aromatic ring is 1. The van der Waals surface area contributed by atoms with E-state index in [4.69, 9.17) is 5.73 Å². The molecule has 3 heteroatoms. The summed E-state index contributed by atoms with van der Waals surface area (Å²) >= 11 is 0. The second-order valence-corrected chi connectivity index (χ2v) is 4.84. The fourth-order valence-corrected chi connectivity index (χ4v) is 2.42. The van der Waals surface area contributed by atoms with Gasteiger partial charge in [-0.1, -0.05) is 26.2 Å². The van der Waals surface area contributed by atoms with Crippen LogP contribution in [0.1, 0.15) is 39.0 Å². The van der Waals surface area contributed by atoms with E-state index >= 15 is 0 Å². The molecule has 0 aliphatic heterocycles. The average Bonchev–Trinajstić information content (AvgIpc) is 2.51. The lowest BCUT2D eigenvalue weighted by atomic mass is 9.76. The first-order valence-corrected chi connectivity index (χ1v) is 5.46. The zero-order chi connectivity index (χ0) is 10.0. The van der Waals surface area contributed by atoms with Crippen LogP contribution in [0.4, 0.5) is 5.69 Å². The monoisotopic (exact) mass is 193 g/mol. The third-order valence-electron chi connectivity index (χ3n) is 3.26. The maximum absolute atomic E-state index is 5.64. The van der Waals surface area contributed by atoms with Crippen LogP contribution in [-0.4, -0.2) is 9.78 Å². The Kier molecular flexibility index (Phi) is 2.48. The SMILES string of the molecule is CC1(Cn2cc(N)cn2)CCCCC1. The van der Waals surface area contributed by atoms with Gasteiger partial charge in [0.05, 0.1) is 11.9 Å². The largest absolute Gasteiger partial charge is 0.396 e. The quantitative estimate of drug-likeness (QED) is 0.784. The molecule has 1 aliphatic rings. The molecule has 1 heterocycles. The Morgan fingerprint density at radius 3 is 2.71 bits per heavy atom. The molecule has 1 aliphatic carbocycles. The summed E-state index contributed by atoms with van der Waals surface area (Å²) in [5, 5.41) is 4.25. The predicted molar refractivity (Wildman–Crippen MR) is 57.8 cm³/mol. The lowest BCUT2D eigenvalue weighted by Gasteiger charge is -2.33. The molecule has 14 heavy (non-hydrogen) atoms. The second-order valence-electron chi connectivity index (χ2n) is 4.84. The summed E-state index contributed by atoms with van der Waals surface area (Å²) in [5.41, 5.74) is 6.85. The Labute approximate surface area is 85.3 Å².